The van der Waals surface area contributed by atoms with Crippen LogP contribution in [-0.4, -0.2) is 33.6 Å². The third-order valence-electron chi connectivity index (χ3n) is 0.667. The summed E-state index contributed by atoms with van der Waals surface area (Å²) in [6, 6.07) is 0. The van der Waals surface area contributed by atoms with E-state index < -0.39 is 0 Å². The Morgan fingerprint density at radius 2 is 1.50 bits per heavy atom. The van der Waals surface area contributed by atoms with Gasteiger partial charge in [0.2, 0.25) is 0 Å². The zero-order chi connectivity index (χ0) is 4.24. The topological polar surface area (TPSA) is 0 Å². The first kappa shape index (κ1) is 4.36. The molecule has 0 saturated heterocycles. The minimum absolute atomic E-state index is 2.00. The summed E-state index contributed by atoms with van der Waals surface area (Å²) >= 11 is 0. The molecule has 0 fully saturated rings. The van der Waals surface area contributed by atoms with Gasteiger partial charge in [-0.1, -0.05) is 0 Å². The van der Waals surface area contributed by atoms with E-state index in [1.165, 1.54) is 0 Å². The van der Waals surface area contributed by atoms with Gasteiger partial charge in [0, 0.05) is 0 Å². The Labute approximate surface area is 40.4 Å². The Morgan fingerprint density at radius 1 is 0.833 bits per heavy atom. The molecule has 0 spiro atoms. The molecule has 0 aliphatic carbocycles. The van der Waals surface area contributed by atoms with Gasteiger partial charge in [-0.15, -0.1) is 0 Å². The van der Waals surface area contributed by atoms with Crippen molar-refractivity contribution in [3.63, 3.8) is 0 Å². The molecule has 5 heteroatoms. The molecule has 0 aliphatic heterocycles. The summed E-state index contributed by atoms with van der Waals surface area (Å²) in [6.07, 6.45) is 0. The molecule has 0 bridgehead atoms. The van der Waals surface area contributed by atoms with Gasteiger partial charge < -0.3 is 0 Å². The molecule has 0 amide bonds. The normalized spacial score (nSPS) is 4.67. The van der Waals surface area contributed by atoms with Crippen molar-refractivity contribution in [3.05, 3.63) is 5.86 Å². The van der Waals surface area contributed by atoms with Crippen LogP contribution in [0.25, 0.3) is 0 Å². The zero-order valence-electron chi connectivity index (χ0n) is 3.46. The summed E-state index contributed by atoms with van der Waals surface area (Å²) in [6.45, 7) is 10.0. The minimum atomic E-state index is 2.00. The molecule has 0 radical (unpaired) electrons. The van der Waals surface area contributed by atoms with E-state index in [-0.39, 0.29) is 0 Å². The van der Waals surface area contributed by atoms with Gasteiger partial charge in [0.05, 0.1) is 0 Å². The van der Waals surface area contributed by atoms with Crippen LogP contribution < -0.4 is 0 Å². The van der Waals surface area contributed by atoms with Crippen LogP contribution in [0.5, 0.6) is 0 Å². The zero-order valence-corrected chi connectivity index (χ0v) is 3.46. The average molecular weight is 67.1 g/mol. The molecule has 1 rings (SSSR count). The Balaban J connectivity index is 3.00. The number of hydrogen-bond acceptors (Lipinski definition) is 0. The van der Waals surface area contributed by atoms with Crippen molar-refractivity contribution in [3.8, 4) is 0 Å². The third kappa shape index (κ3) is 1.12. The van der Waals surface area contributed by atoms with E-state index >= 15 is 0 Å². The van der Waals surface area contributed by atoms with Gasteiger partial charge in [-0.05, 0) is 0 Å². The first-order chi connectivity index (χ1) is 3.00. The molecular weight excluding hydrogens is 66.1 g/mol. The van der Waals surface area contributed by atoms with Crippen LogP contribution in [0, 0.1) is 0 Å². The molecule has 0 aliphatic rings. The Hall–Kier alpha value is 0.195. The van der Waals surface area contributed by atoms with E-state index in [9.17, 15) is 0 Å². The van der Waals surface area contributed by atoms with Crippen molar-refractivity contribution in [2.24, 2.45) is 0 Å². The molecule has 0 atom stereocenters. The van der Waals surface area contributed by atoms with Crippen molar-refractivity contribution in [1.82, 2.24) is 0 Å². The molecule has 0 saturated carbocycles. The van der Waals surface area contributed by atoms with Gasteiger partial charge >= 0.3 is 39.5 Å². The molecule has 20 valence electrons. The fourth-order valence-electron chi connectivity index (χ4n) is 0.385. The number of hydrogen-bond donors (Lipinski definition) is 0. The fourth-order valence-corrected chi connectivity index (χ4v) is 0.385. The van der Waals surface area contributed by atoms with Crippen LogP contribution in [-0.2, 0) is 0 Å². The second kappa shape index (κ2) is 2.38. The molecular formula is CHB5. The van der Waals surface area contributed by atoms with Crippen molar-refractivity contribution >= 4 is 33.6 Å². The molecule has 1 aromatic rings. The summed E-state index contributed by atoms with van der Waals surface area (Å²) < 4.78 is 0. The van der Waals surface area contributed by atoms with Crippen molar-refractivity contribution in [2.75, 3.05) is 0 Å². The van der Waals surface area contributed by atoms with Crippen LogP contribution in [0.1, 0.15) is 0 Å². The molecule has 0 nitrogen and oxygen atoms in total. The predicted octanol–water partition coefficient (Wildman–Crippen LogP) is -1.62. The van der Waals surface area contributed by atoms with Gasteiger partial charge in [-0.25, -0.2) is 0 Å². The average Bonchev–Trinajstić information content (AvgIpc) is 1.72. The molecule has 0 unspecified atom stereocenters. The maximum atomic E-state index is 2.00. The van der Waals surface area contributed by atoms with E-state index in [1.807, 2.05) is 39.5 Å². The maximum absolute atomic E-state index is 2.00. The van der Waals surface area contributed by atoms with Gasteiger partial charge in [-0.2, -0.15) is 0 Å². The molecule has 1 aromatic heterocycles. The van der Waals surface area contributed by atoms with E-state index in [2.05, 4.69) is 0 Å². The second-order valence-corrected chi connectivity index (χ2v) is 1.15. The van der Waals surface area contributed by atoms with Gasteiger partial charge in [-0.3, -0.25) is 0 Å². The monoisotopic (exact) mass is 68.1 g/mol. The van der Waals surface area contributed by atoms with Crippen LogP contribution in [0.4, 0.5) is 0 Å². The van der Waals surface area contributed by atoms with Gasteiger partial charge in [0.15, 0.2) is 0 Å². The molecule has 0 N–H and O–H groups in total. The van der Waals surface area contributed by atoms with Crippen molar-refractivity contribution in [1.29, 1.82) is 0 Å². The third-order valence-corrected chi connectivity index (χ3v) is 0.667. The van der Waals surface area contributed by atoms with E-state index in [1.54, 1.807) is 0 Å². The van der Waals surface area contributed by atoms with Crippen LogP contribution >= 0.6 is 0 Å². The first-order valence-corrected chi connectivity index (χ1v) is 2.00. The first-order valence-electron chi connectivity index (χ1n) is 2.00. The molecule has 6 heavy (non-hydrogen) atoms. The van der Waals surface area contributed by atoms with Crippen molar-refractivity contribution < 1.29 is 0 Å². The quantitative estimate of drug-likeness (QED) is 0.342. The van der Waals surface area contributed by atoms with Crippen LogP contribution in [0.15, 0.2) is 5.86 Å². The fraction of sp³-hybridized carbons (Fsp3) is 0. The summed E-state index contributed by atoms with van der Waals surface area (Å²) in [5.74, 6) is 2.00. The van der Waals surface area contributed by atoms with Gasteiger partial charge in [0.25, 0.3) is 0 Å². The van der Waals surface area contributed by atoms with Crippen molar-refractivity contribution in [2.45, 2.75) is 0 Å². The van der Waals surface area contributed by atoms with Gasteiger partial charge in [0.1, 0.15) is 0 Å². The van der Waals surface area contributed by atoms with Crippen LogP contribution in [0.2, 0.25) is 0 Å². The summed E-state index contributed by atoms with van der Waals surface area (Å²) in [5.41, 5.74) is 0. The summed E-state index contributed by atoms with van der Waals surface area (Å²) in [7, 11) is 0. The standard InChI is InChI=1S/CHB5/c1-2-4-6-5-3-1/h1H. The second-order valence-electron chi connectivity index (χ2n) is 1.15. The molecule has 0 aromatic carbocycles. The van der Waals surface area contributed by atoms with Crippen LogP contribution in [0.3, 0.4) is 0 Å². The van der Waals surface area contributed by atoms with E-state index in [0.29, 0.717) is 0 Å². The van der Waals surface area contributed by atoms with E-state index in [0.717, 1.165) is 0 Å². The predicted molar refractivity (Wildman–Crippen MR) is 33.2 cm³/mol. The Kier molecular flexibility index (Phi) is 1.73. The Bertz CT molecular complexity index is 75.9. The SMILES string of the molecule is b1bbcbb1. The van der Waals surface area contributed by atoms with E-state index in [4.69, 9.17) is 0 Å². The summed E-state index contributed by atoms with van der Waals surface area (Å²) in [4.78, 5) is 0. The number of rotatable bonds is 0. The summed E-state index contributed by atoms with van der Waals surface area (Å²) in [5, 5.41) is 0. The Morgan fingerprint density at radius 3 is 1.67 bits per heavy atom. The molecule has 1 heterocycles.